The number of hydrogen-bond donors (Lipinski definition) is 0. The minimum Gasteiger partial charge on any atom is -0.474 e. The summed E-state index contributed by atoms with van der Waals surface area (Å²) in [6.45, 7) is 0. The molecule has 0 spiro atoms. The van der Waals surface area contributed by atoms with Gasteiger partial charge in [-0.3, -0.25) is 0 Å². The van der Waals surface area contributed by atoms with Crippen molar-refractivity contribution < 1.29 is 4.74 Å². The van der Waals surface area contributed by atoms with Crippen molar-refractivity contribution >= 4 is 11.8 Å². The second-order valence-corrected chi connectivity index (χ2v) is 5.47. The Hall–Kier alpha value is -1.48. The summed E-state index contributed by atoms with van der Waals surface area (Å²) in [6, 6.07) is 14.6. The molecule has 1 saturated carbocycles. The van der Waals surface area contributed by atoms with Gasteiger partial charge in [-0.2, -0.15) is 0 Å². The SMILES string of the molecule is c1ccc(CSc2ccnc(OC3CC3)c2)cc1. The van der Waals surface area contributed by atoms with E-state index >= 15 is 0 Å². The van der Waals surface area contributed by atoms with E-state index in [0.717, 1.165) is 11.6 Å². The molecule has 2 aromatic rings. The van der Waals surface area contributed by atoms with Gasteiger partial charge in [0.15, 0.2) is 0 Å². The fourth-order valence-electron chi connectivity index (χ4n) is 1.64. The molecule has 0 amide bonds. The third kappa shape index (κ3) is 3.26. The van der Waals surface area contributed by atoms with Crippen LogP contribution in [0.1, 0.15) is 18.4 Å². The Morgan fingerprint density at radius 3 is 2.78 bits per heavy atom. The first-order valence-corrected chi connectivity index (χ1v) is 7.18. The summed E-state index contributed by atoms with van der Waals surface area (Å²) >= 11 is 1.82. The highest BCUT2D eigenvalue weighted by Gasteiger charge is 2.23. The molecule has 18 heavy (non-hydrogen) atoms. The number of pyridine rings is 1. The number of benzene rings is 1. The molecule has 0 saturated heterocycles. The van der Waals surface area contributed by atoms with E-state index in [-0.39, 0.29) is 0 Å². The molecule has 92 valence electrons. The van der Waals surface area contributed by atoms with Gasteiger partial charge in [-0.15, -0.1) is 11.8 Å². The van der Waals surface area contributed by atoms with E-state index in [2.05, 4.69) is 29.2 Å². The van der Waals surface area contributed by atoms with E-state index in [9.17, 15) is 0 Å². The molecule has 0 atom stereocenters. The second-order valence-electron chi connectivity index (χ2n) is 4.42. The second kappa shape index (κ2) is 5.44. The Morgan fingerprint density at radius 2 is 2.00 bits per heavy atom. The topological polar surface area (TPSA) is 22.1 Å². The van der Waals surface area contributed by atoms with Crippen LogP contribution in [0.5, 0.6) is 5.88 Å². The van der Waals surface area contributed by atoms with Gasteiger partial charge in [-0.1, -0.05) is 30.3 Å². The number of thioether (sulfide) groups is 1. The zero-order valence-electron chi connectivity index (χ0n) is 10.1. The lowest BCUT2D eigenvalue weighted by molar-refractivity contribution is 0.290. The van der Waals surface area contributed by atoms with Crippen LogP contribution in [0, 0.1) is 0 Å². The Bertz CT molecular complexity index is 511. The molecule has 1 fully saturated rings. The molecule has 1 aliphatic rings. The Balaban J connectivity index is 1.61. The highest BCUT2D eigenvalue weighted by Crippen LogP contribution is 2.29. The molecule has 0 aliphatic heterocycles. The quantitative estimate of drug-likeness (QED) is 0.758. The zero-order chi connectivity index (χ0) is 12.2. The number of ether oxygens (including phenoxy) is 1. The standard InChI is InChI=1S/C15H15NOS/c1-2-4-12(5-3-1)11-18-14-8-9-16-15(10-14)17-13-6-7-13/h1-5,8-10,13H,6-7,11H2. The maximum absolute atomic E-state index is 5.69. The van der Waals surface area contributed by atoms with Crippen molar-refractivity contribution in [2.75, 3.05) is 0 Å². The highest BCUT2D eigenvalue weighted by atomic mass is 32.2. The van der Waals surface area contributed by atoms with Crippen molar-refractivity contribution in [1.82, 2.24) is 4.98 Å². The van der Waals surface area contributed by atoms with Crippen molar-refractivity contribution in [1.29, 1.82) is 0 Å². The van der Waals surface area contributed by atoms with Crippen LogP contribution in [-0.2, 0) is 5.75 Å². The average molecular weight is 257 g/mol. The summed E-state index contributed by atoms with van der Waals surface area (Å²) in [7, 11) is 0. The molecule has 0 bridgehead atoms. The van der Waals surface area contributed by atoms with Crippen LogP contribution >= 0.6 is 11.8 Å². The highest BCUT2D eigenvalue weighted by molar-refractivity contribution is 7.98. The Morgan fingerprint density at radius 1 is 1.17 bits per heavy atom. The van der Waals surface area contributed by atoms with Crippen LogP contribution in [0.25, 0.3) is 0 Å². The first-order valence-electron chi connectivity index (χ1n) is 6.19. The lowest BCUT2D eigenvalue weighted by Gasteiger charge is -2.05. The molecule has 1 aliphatic carbocycles. The van der Waals surface area contributed by atoms with Gasteiger partial charge in [0.1, 0.15) is 6.10 Å². The lowest BCUT2D eigenvalue weighted by atomic mass is 10.2. The number of rotatable bonds is 5. The molecule has 1 aromatic heterocycles. The normalized spacial score (nSPS) is 14.4. The predicted octanol–water partition coefficient (Wildman–Crippen LogP) is 3.92. The van der Waals surface area contributed by atoms with Gasteiger partial charge < -0.3 is 4.74 Å². The van der Waals surface area contributed by atoms with Gasteiger partial charge in [-0.25, -0.2) is 4.98 Å². The molecule has 3 heteroatoms. The fourth-order valence-corrected chi connectivity index (χ4v) is 2.51. The molecular formula is C15H15NOS. The number of nitrogens with zero attached hydrogens (tertiary/aromatic N) is 1. The van der Waals surface area contributed by atoms with E-state index in [4.69, 9.17) is 4.74 Å². The first kappa shape index (κ1) is 11.6. The van der Waals surface area contributed by atoms with Gasteiger partial charge in [0.05, 0.1) is 0 Å². The van der Waals surface area contributed by atoms with Gasteiger partial charge in [-0.05, 0) is 24.5 Å². The number of aromatic nitrogens is 1. The maximum atomic E-state index is 5.69. The summed E-state index contributed by atoms with van der Waals surface area (Å²) < 4.78 is 5.69. The lowest BCUT2D eigenvalue weighted by Crippen LogP contribution is -1.97. The molecule has 0 unspecified atom stereocenters. The smallest absolute Gasteiger partial charge is 0.214 e. The van der Waals surface area contributed by atoms with Crippen molar-refractivity contribution in [3.63, 3.8) is 0 Å². The fraction of sp³-hybridized carbons (Fsp3) is 0.267. The third-order valence-electron chi connectivity index (χ3n) is 2.77. The average Bonchev–Trinajstić information content (AvgIpc) is 3.22. The van der Waals surface area contributed by atoms with Crippen molar-refractivity contribution in [2.24, 2.45) is 0 Å². The van der Waals surface area contributed by atoms with E-state index in [1.165, 1.54) is 23.3 Å². The minimum atomic E-state index is 0.409. The van der Waals surface area contributed by atoms with Crippen LogP contribution in [0.2, 0.25) is 0 Å². The predicted molar refractivity (Wildman–Crippen MR) is 73.9 cm³/mol. The van der Waals surface area contributed by atoms with Gasteiger partial charge in [0, 0.05) is 22.9 Å². The first-order chi connectivity index (χ1) is 8.90. The van der Waals surface area contributed by atoms with Crippen LogP contribution < -0.4 is 4.74 Å². The largest absolute Gasteiger partial charge is 0.474 e. The Labute approximate surface area is 111 Å². The third-order valence-corrected chi connectivity index (χ3v) is 3.83. The summed E-state index contributed by atoms with van der Waals surface area (Å²) in [5, 5.41) is 0. The van der Waals surface area contributed by atoms with Crippen LogP contribution in [-0.4, -0.2) is 11.1 Å². The van der Waals surface area contributed by atoms with Crippen molar-refractivity contribution in [3.8, 4) is 5.88 Å². The number of hydrogen-bond acceptors (Lipinski definition) is 3. The van der Waals surface area contributed by atoms with Crippen LogP contribution in [0.4, 0.5) is 0 Å². The molecule has 1 heterocycles. The summed E-state index contributed by atoms with van der Waals surface area (Å²) in [5.41, 5.74) is 1.34. The molecule has 2 nitrogen and oxygen atoms in total. The molecule has 0 N–H and O–H groups in total. The van der Waals surface area contributed by atoms with E-state index in [0.29, 0.717) is 6.10 Å². The van der Waals surface area contributed by atoms with Gasteiger partial charge in [0.2, 0.25) is 5.88 Å². The zero-order valence-corrected chi connectivity index (χ0v) is 10.9. The Kier molecular flexibility index (Phi) is 3.51. The van der Waals surface area contributed by atoms with Crippen LogP contribution in [0.15, 0.2) is 53.6 Å². The van der Waals surface area contributed by atoms with E-state index in [1.807, 2.05) is 36.2 Å². The monoisotopic (exact) mass is 257 g/mol. The van der Waals surface area contributed by atoms with E-state index in [1.54, 1.807) is 0 Å². The minimum absolute atomic E-state index is 0.409. The molecular weight excluding hydrogens is 242 g/mol. The summed E-state index contributed by atoms with van der Waals surface area (Å²) in [6.07, 6.45) is 4.57. The van der Waals surface area contributed by atoms with Gasteiger partial charge in [0.25, 0.3) is 0 Å². The van der Waals surface area contributed by atoms with Crippen molar-refractivity contribution in [3.05, 3.63) is 54.2 Å². The van der Waals surface area contributed by atoms with E-state index < -0.39 is 0 Å². The van der Waals surface area contributed by atoms with Gasteiger partial charge >= 0.3 is 0 Å². The molecule has 3 rings (SSSR count). The summed E-state index contributed by atoms with van der Waals surface area (Å²) in [5.74, 6) is 1.74. The van der Waals surface area contributed by atoms with Crippen molar-refractivity contribution in [2.45, 2.75) is 29.6 Å². The van der Waals surface area contributed by atoms with Crippen LogP contribution in [0.3, 0.4) is 0 Å². The molecule has 1 aromatic carbocycles. The molecule has 0 radical (unpaired) electrons. The summed E-state index contributed by atoms with van der Waals surface area (Å²) in [4.78, 5) is 5.45. The maximum Gasteiger partial charge on any atom is 0.214 e.